The highest BCUT2D eigenvalue weighted by atomic mass is 35.5. The average Bonchev–Trinajstić information content (AvgIpc) is 3.02. The number of amides is 1. The number of halogens is 3. The van der Waals surface area contributed by atoms with E-state index in [1.807, 2.05) is 13.0 Å². The standard InChI is InChI=1S/C16H20Cl2N2O.ClH/c1-8(9-4-5-12(17)13(18)7-9)20-16(21)14-10-2-3-11(6-10)15(14)19;/h4-5,7-8,10-11,14-15H,2-3,6,19H2,1H3,(H,20,21);1H. The van der Waals surface area contributed by atoms with Crippen LogP contribution in [0.5, 0.6) is 0 Å². The Morgan fingerprint density at radius 2 is 1.95 bits per heavy atom. The number of carbonyl (C=O) groups is 1. The number of benzene rings is 1. The first-order chi connectivity index (χ1) is 9.97. The van der Waals surface area contributed by atoms with Gasteiger partial charge in [-0.1, -0.05) is 29.3 Å². The fraction of sp³-hybridized carbons (Fsp3) is 0.562. The van der Waals surface area contributed by atoms with E-state index in [0.29, 0.717) is 21.9 Å². The second-order valence-corrected chi connectivity index (χ2v) is 7.15. The number of nitrogens with two attached hydrogens (primary N) is 1. The Bertz CT molecular complexity index is 564. The van der Waals surface area contributed by atoms with Crippen LogP contribution in [-0.2, 0) is 4.79 Å². The van der Waals surface area contributed by atoms with Gasteiger partial charge in [-0.3, -0.25) is 4.79 Å². The molecule has 0 aliphatic heterocycles. The van der Waals surface area contributed by atoms with E-state index < -0.39 is 0 Å². The number of rotatable bonds is 3. The van der Waals surface area contributed by atoms with Gasteiger partial charge >= 0.3 is 0 Å². The first-order valence-corrected chi connectivity index (χ1v) is 8.24. The van der Waals surface area contributed by atoms with Gasteiger partial charge in [0.15, 0.2) is 0 Å². The van der Waals surface area contributed by atoms with Gasteiger partial charge in [-0.05, 0) is 55.7 Å². The van der Waals surface area contributed by atoms with Gasteiger partial charge in [-0.25, -0.2) is 0 Å². The van der Waals surface area contributed by atoms with Crippen LogP contribution < -0.4 is 11.1 Å². The number of hydrogen-bond acceptors (Lipinski definition) is 2. The molecule has 1 amide bonds. The summed E-state index contributed by atoms with van der Waals surface area (Å²) in [6, 6.07) is 5.36. The molecule has 0 saturated heterocycles. The summed E-state index contributed by atoms with van der Waals surface area (Å²) < 4.78 is 0. The summed E-state index contributed by atoms with van der Waals surface area (Å²) in [5, 5.41) is 4.11. The first kappa shape index (κ1) is 17.9. The summed E-state index contributed by atoms with van der Waals surface area (Å²) in [5.41, 5.74) is 7.18. The SMILES string of the molecule is CC(NC(=O)C1C2CCC(C2)C1N)c1ccc(Cl)c(Cl)c1.Cl. The maximum absolute atomic E-state index is 12.5. The van der Waals surface area contributed by atoms with Crippen LogP contribution in [-0.4, -0.2) is 11.9 Å². The second kappa shape index (κ2) is 6.96. The quantitative estimate of drug-likeness (QED) is 0.854. The molecule has 0 aromatic heterocycles. The van der Waals surface area contributed by atoms with E-state index in [-0.39, 0.29) is 36.3 Å². The van der Waals surface area contributed by atoms with Crippen molar-refractivity contribution in [1.29, 1.82) is 0 Å². The zero-order valence-electron chi connectivity index (χ0n) is 12.4. The van der Waals surface area contributed by atoms with Crippen LogP contribution in [0.1, 0.15) is 37.8 Å². The molecular weight excluding hydrogens is 343 g/mol. The molecule has 6 heteroatoms. The summed E-state index contributed by atoms with van der Waals surface area (Å²) in [6.07, 6.45) is 3.43. The third-order valence-electron chi connectivity index (χ3n) is 5.09. The highest BCUT2D eigenvalue weighted by Gasteiger charge is 2.49. The van der Waals surface area contributed by atoms with Crippen LogP contribution >= 0.6 is 35.6 Å². The van der Waals surface area contributed by atoms with Crippen LogP contribution in [0.15, 0.2) is 18.2 Å². The Labute approximate surface area is 147 Å². The van der Waals surface area contributed by atoms with Gasteiger partial charge in [0, 0.05) is 6.04 Å². The lowest BCUT2D eigenvalue weighted by Gasteiger charge is -2.28. The Hall–Kier alpha value is -0.480. The van der Waals surface area contributed by atoms with E-state index in [9.17, 15) is 4.79 Å². The highest BCUT2D eigenvalue weighted by Crippen LogP contribution is 2.47. The maximum atomic E-state index is 12.5. The van der Waals surface area contributed by atoms with E-state index in [0.717, 1.165) is 18.4 Å². The maximum Gasteiger partial charge on any atom is 0.225 e. The number of hydrogen-bond donors (Lipinski definition) is 2. The van der Waals surface area contributed by atoms with Gasteiger partial charge in [0.05, 0.1) is 22.0 Å². The van der Waals surface area contributed by atoms with Crippen molar-refractivity contribution >= 4 is 41.5 Å². The smallest absolute Gasteiger partial charge is 0.225 e. The van der Waals surface area contributed by atoms with Crippen molar-refractivity contribution in [2.45, 2.75) is 38.3 Å². The summed E-state index contributed by atoms with van der Waals surface area (Å²) in [5.74, 6) is 1.04. The molecule has 0 spiro atoms. The second-order valence-electron chi connectivity index (χ2n) is 6.34. The zero-order valence-corrected chi connectivity index (χ0v) is 14.7. The summed E-state index contributed by atoms with van der Waals surface area (Å²) in [7, 11) is 0. The van der Waals surface area contributed by atoms with Crippen molar-refractivity contribution in [1.82, 2.24) is 5.32 Å². The van der Waals surface area contributed by atoms with Crippen LogP contribution in [0.4, 0.5) is 0 Å². The topological polar surface area (TPSA) is 55.1 Å². The van der Waals surface area contributed by atoms with Crippen molar-refractivity contribution in [3.63, 3.8) is 0 Å². The van der Waals surface area contributed by atoms with Gasteiger partial charge in [0.1, 0.15) is 0 Å². The van der Waals surface area contributed by atoms with E-state index in [4.69, 9.17) is 28.9 Å². The van der Waals surface area contributed by atoms with Crippen LogP contribution in [0, 0.1) is 17.8 Å². The molecule has 5 atom stereocenters. The van der Waals surface area contributed by atoms with Crippen molar-refractivity contribution in [2.24, 2.45) is 23.5 Å². The van der Waals surface area contributed by atoms with Crippen LogP contribution in [0.2, 0.25) is 10.0 Å². The van der Waals surface area contributed by atoms with E-state index >= 15 is 0 Å². The fourth-order valence-corrected chi connectivity index (χ4v) is 4.21. The Morgan fingerprint density at radius 3 is 2.55 bits per heavy atom. The molecule has 1 aromatic carbocycles. The third kappa shape index (κ3) is 3.23. The van der Waals surface area contributed by atoms with Crippen molar-refractivity contribution < 1.29 is 4.79 Å². The molecule has 2 fully saturated rings. The molecule has 3 N–H and O–H groups in total. The molecule has 2 saturated carbocycles. The predicted octanol–water partition coefficient (Wildman–Crippen LogP) is 3.97. The molecule has 22 heavy (non-hydrogen) atoms. The summed E-state index contributed by atoms with van der Waals surface area (Å²) in [6.45, 7) is 1.95. The zero-order chi connectivity index (χ0) is 15.1. The monoisotopic (exact) mass is 362 g/mol. The minimum Gasteiger partial charge on any atom is -0.349 e. The molecule has 3 nitrogen and oxygen atoms in total. The fourth-order valence-electron chi connectivity index (χ4n) is 3.90. The van der Waals surface area contributed by atoms with Gasteiger partial charge in [0.25, 0.3) is 0 Å². The molecule has 122 valence electrons. The van der Waals surface area contributed by atoms with E-state index in [2.05, 4.69) is 5.32 Å². The lowest BCUT2D eigenvalue weighted by Crippen LogP contribution is -2.45. The largest absolute Gasteiger partial charge is 0.349 e. The van der Waals surface area contributed by atoms with Crippen LogP contribution in [0.3, 0.4) is 0 Å². The van der Waals surface area contributed by atoms with E-state index in [1.165, 1.54) is 6.42 Å². The minimum atomic E-state index is -0.0985. The van der Waals surface area contributed by atoms with Gasteiger partial charge < -0.3 is 11.1 Å². The summed E-state index contributed by atoms with van der Waals surface area (Å²) >= 11 is 12.0. The molecule has 0 heterocycles. The molecule has 5 unspecified atom stereocenters. The number of carbonyl (C=O) groups excluding carboxylic acids is 1. The Kier molecular flexibility index (Phi) is 5.65. The van der Waals surface area contributed by atoms with Gasteiger partial charge in [-0.15, -0.1) is 12.4 Å². The van der Waals surface area contributed by atoms with Gasteiger partial charge in [0.2, 0.25) is 5.91 Å². The Morgan fingerprint density at radius 1 is 1.27 bits per heavy atom. The number of fused-ring (bicyclic) bond motifs is 2. The van der Waals surface area contributed by atoms with Crippen LogP contribution in [0.25, 0.3) is 0 Å². The number of nitrogens with one attached hydrogen (secondary N) is 1. The van der Waals surface area contributed by atoms with Crippen molar-refractivity contribution in [3.05, 3.63) is 33.8 Å². The predicted molar refractivity (Wildman–Crippen MR) is 92.6 cm³/mol. The van der Waals surface area contributed by atoms with Crippen molar-refractivity contribution in [2.75, 3.05) is 0 Å². The van der Waals surface area contributed by atoms with E-state index in [1.54, 1.807) is 12.1 Å². The molecule has 2 bridgehead atoms. The molecule has 2 aliphatic carbocycles. The lowest BCUT2D eigenvalue weighted by atomic mass is 9.84. The molecule has 2 aliphatic rings. The average molecular weight is 364 g/mol. The lowest BCUT2D eigenvalue weighted by molar-refractivity contribution is -0.127. The van der Waals surface area contributed by atoms with Gasteiger partial charge in [-0.2, -0.15) is 0 Å². The van der Waals surface area contributed by atoms with Crippen molar-refractivity contribution in [3.8, 4) is 0 Å². The molecular formula is C16H21Cl3N2O. The first-order valence-electron chi connectivity index (χ1n) is 7.48. The Balaban J connectivity index is 0.00000176. The minimum absolute atomic E-state index is 0. The molecule has 3 rings (SSSR count). The summed E-state index contributed by atoms with van der Waals surface area (Å²) in [4.78, 5) is 12.5. The normalized spacial score (nSPS) is 30.7. The third-order valence-corrected chi connectivity index (χ3v) is 5.82. The molecule has 0 radical (unpaired) electrons. The highest BCUT2D eigenvalue weighted by molar-refractivity contribution is 6.42. The molecule has 1 aromatic rings.